The second-order valence-corrected chi connectivity index (χ2v) is 5.87. The normalized spacial score (nSPS) is 19.3. The summed E-state index contributed by atoms with van der Waals surface area (Å²) in [5.74, 6) is 1.03. The summed E-state index contributed by atoms with van der Waals surface area (Å²) >= 11 is 0. The molecule has 2 nitrogen and oxygen atoms in total. The highest BCUT2D eigenvalue weighted by Gasteiger charge is 2.24. The molecule has 2 heteroatoms. The van der Waals surface area contributed by atoms with Crippen LogP contribution in [-0.4, -0.2) is 19.0 Å². The van der Waals surface area contributed by atoms with Gasteiger partial charge in [-0.05, 0) is 37.2 Å². The lowest BCUT2D eigenvalue weighted by molar-refractivity contribution is 0.0779. The summed E-state index contributed by atoms with van der Waals surface area (Å²) in [6, 6.07) is 8.06. The molecule has 0 fully saturated rings. The lowest BCUT2D eigenvalue weighted by Crippen LogP contribution is -2.17. The minimum Gasteiger partial charge on any atom is -0.381 e. The van der Waals surface area contributed by atoms with Gasteiger partial charge in [0.25, 0.3) is 0 Å². The van der Waals surface area contributed by atoms with Crippen LogP contribution < -0.4 is 0 Å². The quantitative estimate of drug-likeness (QED) is 0.593. The monoisotopic (exact) mass is 260 g/mol. The zero-order valence-corrected chi connectivity index (χ0v) is 12.0. The first-order valence-corrected chi connectivity index (χ1v) is 7.38. The summed E-state index contributed by atoms with van der Waals surface area (Å²) in [5, 5.41) is 0. The first kappa shape index (κ1) is 14.3. The molecule has 0 bridgehead atoms. The number of ether oxygens (including phenoxy) is 1. The highest BCUT2D eigenvalue weighted by molar-refractivity contribution is 5.99. The van der Waals surface area contributed by atoms with Gasteiger partial charge in [0.2, 0.25) is 0 Å². The third-order valence-corrected chi connectivity index (χ3v) is 3.71. The highest BCUT2D eigenvalue weighted by atomic mass is 16.5. The van der Waals surface area contributed by atoms with Gasteiger partial charge >= 0.3 is 0 Å². The smallest absolute Gasteiger partial charge is 0.166 e. The van der Waals surface area contributed by atoms with Crippen molar-refractivity contribution < 1.29 is 9.53 Å². The van der Waals surface area contributed by atoms with E-state index in [0.717, 1.165) is 37.9 Å². The molecule has 1 aromatic carbocycles. The Labute approximate surface area is 116 Å². The van der Waals surface area contributed by atoms with E-state index in [9.17, 15) is 4.79 Å². The number of Topliss-reactive ketones (excluding diaryl/α,β-unsaturated/α-hetero) is 1. The van der Waals surface area contributed by atoms with Gasteiger partial charge in [-0.3, -0.25) is 4.79 Å². The summed E-state index contributed by atoms with van der Waals surface area (Å²) in [6.45, 7) is 5.79. The third-order valence-electron chi connectivity index (χ3n) is 3.71. The summed E-state index contributed by atoms with van der Waals surface area (Å²) < 4.78 is 5.62. The molecule has 1 atom stereocenters. The minimum atomic E-state index is 0.149. The molecule has 19 heavy (non-hydrogen) atoms. The van der Waals surface area contributed by atoms with E-state index in [-0.39, 0.29) is 5.92 Å². The number of rotatable bonds is 5. The SMILES string of the molecule is CC(C)COCCC1CCCc2ccccc2C1=O. The molecule has 0 radical (unpaired) electrons. The van der Waals surface area contributed by atoms with Gasteiger partial charge in [0.15, 0.2) is 5.78 Å². The van der Waals surface area contributed by atoms with Crippen LogP contribution in [0.3, 0.4) is 0 Å². The van der Waals surface area contributed by atoms with Crippen molar-refractivity contribution in [2.75, 3.05) is 13.2 Å². The van der Waals surface area contributed by atoms with Crippen LogP contribution in [0.1, 0.15) is 49.0 Å². The second kappa shape index (κ2) is 6.85. The van der Waals surface area contributed by atoms with Gasteiger partial charge < -0.3 is 4.74 Å². The van der Waals surface area contributed by atoms with E-state index in [1.807, 2.05) is 18.2 Å². The molecular weight excluding hydrogens is 236 g/mol. The van der Waals surface area contributed by atoms with E-state index < -0.39 is 0 Å². The van der Waals surface area contributed by atoms with Gasteiger partial charge in [0.1, 0.15) is 0 Å². The molecule has 0 amide bonds. The van der Waals surface area contributed by atoms with E-state index in [0.29, 0.717) is 18.3 Å². The number of carbonyl (C=O) groups is 1. The van der Waals surface area contributed by atoms with E-state index in [2.05, 4.69) is 19.9 Å². The molecule has 0 heterocycles. The predicted molar refractivity (Wildman–Crippen MR) is 77.5 cm³/mol. The number of ketones is 1. The Morgan fingerprint density at radius 1 is 1.32 bits per heavy atom. The summed E-state index contributed by atoms with van der Waals surface area (Å²) in [7, 11) is 0. The predicted octanol–water partition coefficient (Wildman–Crippen LogP) is 3.88. The number of carbonyl (C=O) groups excluding carboxylic acids is 1. The van der Waals surface area contributed by atoms with Crippen LogP contribution >= 0.6 is 0 Å². The summed E-state index contributed by atoms with van der Waals surface area (Å²) in [6.07, 6.45) is 4.00. The Hall–Kier alpha value is -1.15. The zero-order valence-electron chi connectivity index (χ0n) is 12.0. The van der Waals surface area contributed by atoms with Crippen LogP contribution in [0.5, 0.6) is 0 Å². The van der Waals surface area contributed by atoms with Crippen LogP contribution in [0.15, 0.2) is 24.3 Å². The average Bonchev–Trinajstić information content (AvgIpc) is 2.55. The standard InChI is InChI=1S/C17H24O2/c1-13(2)12-19-11-10-15-8-5-7-14-6-3-4-9-16(14)17(15)18/h3-4,6,9,13,15H,5,7-8,10-12H2,1-2H3. The second-order valence-electron chi connectivity index (χ2n) is 5.87. The Morgan fingerprint density at radius 3 is 2.89 bits per heavy atom. The zero-order chi connectivity index (χ0) is 13.7. The van der Waals surface area contributed by atoms with E-state index in [1.165, 1.54) is 5.56 Å². The van der Waals surface area contributed by atoms with Crippen LogP contribution in [-0.2, 0) is 11.2 Å². The minimum absolute atomic E-state index is 0.149. The maximum absolute atomic E-state index is 12.5. The third kappa shape index (κ3) is 3.90. The van der Waals surface area contributed by atoms with Crippen molar-refractivity contribution in [2.24, 2.45) is 11.8 Å². The van der Waals surface area contributed by atoms with Crippen molar-refractivity contribution in [1.29, 1.82) is 0 Å². The van der Waals surface area contributed by atoms with E-state index >= 15 is 0 Å². The van der Waals surface area contributed by atoms with Crippen molar-refractivity contribution in [2.45, 2.75) is 39.5 Å². The Morgan fingerprint density at radius 2 is 2.11 bits per heavy atom. The topological polar surface area (TPSA) is 26.3 Å². The van der Waals surface area contributed by atoms with E-state index in [4.69, 9.17) is 4.74 Å². The van der Waals surface area contributed by atoms with Crippen LogP contribution in [0.25, 0.3) is 0 Å². The summed E-state index contributed by atoms with van der Waals surface area (Å²) in [4.78, 5) is 12.5. The fourth-order valence-corrected chi connectivity index (χ4v) is 2.69. The maximum Gasteiger partial charge on any atom is 0.166 e. The first-order chi connectivity index (χ1) is 9.18. The Balaban J connectivity index is 1.94. The highest BCUT2D eigenvalue weighted by Crippen LogP contribution is 2.26. The lowest BCUT2D eigenvalue weighted by Gasteiger charge is -2.14. The fourth-order valence-electron chi connectivity index (χ4n) is 2.69. The molecule has 1 unspecified atom stereocenters. The van der Waals surface area contributed by atoms with Crippen molar-refractivity contribution in [3.05, 3.63) is 35.4 Å². The number of hydrogen-bond donors (Lipinski definition) is 0. The molecule has 0 N–H and O–H groups in total. The molecular formula is C17H24O2. The largest absolute Gasteiger partial charge is 0.381 e. The van der Waals surface area contributed by atoms with Gasteiger partial charge in [-0.1, -0.05) is 38.1 Å². The van der Waals surface area contributed by atoms with Gasteiger partial charge in [0, 0.05) is 24.7 Å². The number of hydrogen-bond acceptors (Lipinski definition) is 2. The van der Waals surface area contributed by atoms with Gasteiger partial charge in [-0.25, -0.2) is 0 Å². The molecule has 0 saturated carbocycles. The van der Waals surface area contributed by atoms with Gasteiger partial charge in [-0.2, -0.15) is 0 Å². The molecule has 2 rings (SSSR count). The molecule has 0 spiro atoms. The fraction of sp³-hybridized carbons (Fsp3) is 0.588. The van der Waals surface area contributed by atoms with Gasteiger partial charge in [-0.15, -0.1) is 0 Å². The van der Waals surface area contributed by atoms with Crippen molar-refractivity contribution >= 4 is 5.78 Å². The Bertz CT molecular complexity index is 423. The van der Waals surface area contributed by atoms with Crippen LogP contribution in [0.2, 0.25) is 0 Å². The first-order valence-electron chi connectivity index (χ1n) is 7.38. The number of benzene rings is 1. The molecule has 0 saturated heterocycles. The summed E-state index contributed by atoms with van der Waals surface area (Å²) in [5.41, 5.74) is 2.16. The molecule has 0 aliphatic heterocycles. The Kier molecular flexibility index (Phi) is 5.15. The van der Waals surface area contributed by atoms with Crippen LogP contribution in [0, 0.1) is 11.8 Å². The molecule has 1 aromatic rings. The maximum atomic E-state index is 12.5. The number of fused-ring (bicyclic) bond motifs is 1. The lowest BCUT2D eigenvalue weighted by atomic mass is 9.93. The number of aryl methyl sites for hydroxylation is 1. The average molecular weight is 260 g/mol. The molecule has 1 aliphatic rings. The molecule has 104 valence electrons. The molecule has 1 aliphatic carbocycles. The van der Waals surface area contributed by atoms with Gasteiger partial charge in [0.05, 0.1) is 0 Å². The van der Waals surface area contributed by atoms with Crippen molar-refractivity contribution in [3.8, 4) is 0 Å². The van der Waals surface area contributed by atoms with Crippen molar-refractivity contribution in [1.82, 2.24) is 0 Å². The van der Waals surface area contributed by atoms with Crippen molar-refractivity contribution in [3.63, 3.8) is 0 Å². The van der Waals surface area contributed by atoms with Crippen LogP contribution in [0.4, 0.5) is 0 Å². The van der Waals surface area contributed by atoms with E-state index in [1.54, 1.807) is 0 Å². The molecule has 0 aromatic heterocycles.